The van der Waals surface area contributed by atoms with E-state index in [1.54, 1.807) is 0 Å². The molecule has 1 N–H and O–H groups in total. The zero-order valence-electron chi connectivity index (χ0n) is 5.81. The molecule has 0 aromatic carbocycles. The highest BCUT2D eigenvalue weighted by Gasteiger charge is 2.31. The summed E-state index contributed by atoms with van der Waals surface area (Å²) in [6, 6.07) is 0. The molecule has 0 aromatic rings. The molecule has 1 rings (SSSR count). The highest BCUT2D eigenvalue weighted by molar-refractivity contribution is 4.70. The van der Waals surface area contributed by atoms with E-state index >= 15 is 0 Å². The van der Waals surface area contributed by atoms with Crippen LogP contribution in [0.5, 0.6) is 0 Å². The largest absolute Gasteiger partial charge is 0.348 e. The molecule has 1 fully saturated rings. The first-order valence-corrected chi connectivity index (χ1v) is 3.10. The van der Waals surface area contributed by atoms with Gasteiger partial charge >= 0.3 is 0 Å². The van der Waals surface area contributed by atoms with Gasteiger partial charge in [-0.15, -0.1) is 0 Å². The standard InChI is InChI=1S/C6H12NO2/c1-6(2)8-4-5(3-7)9-6/h5,7H,3-4H2,1-2H3. The van der Waals surface area contributed by atoms with E-state index < -0.39 is 5.79 Å². The van der Waals surface area contributed by atoms with Crippen LogP contribution in [-0.2, 0) is 9.47 Å². The molecule has 0 spiro atoms. The van der Waals surface area contributed by atoms with Gasteiger partial charge in [0.2, 0.25) is 0 Å². The predicted octanol–water partition coefficient (Wildman–Crippen LogP) is 0.421. The van der Waals surface area contributed by atoms with Crippen molar-refractivity contribution in [2.45, 2.75) is 25.7 Å². The molecule has 9 heavy (non-hydrogen) atoms. The van der Waals surface area contributed by atoms with Gasteiger partial charge in [-0.25, -0.2) is 0 Å². The molecule has 3 nitrogen and oxygen atoms in total. The first-order valence-electron chi connectivity index (χ1n) is 3.10. The average Bonchev–Trinajstić information content (AvgIpc) is 2.10. The quantitative estimate of drug-likeness (QED) is 0.516. The summed E-state index contributed by atoms with van der Waals surface area (Å²) < 4.78 is 10.5. The average molecular weight is 130 g/mol. The van der Waals surface area contributed by atoms with Crippen molar-refractivity contribution in [3.05, 3.63) is 0 Å². The zero-order valence-corrected chi connectivity index (χ0v) is 5.81. The number of hydrogen-bond acceptors (Lipinski definition) is 2. The summed E-state index contributed by atoms with van der Waals surface area (Å²) in [4.78, 5) is 0. The van der Waals surface area contributed by atoms with Crippen molar-refractivity contribution in [1.29, 1.82) is 0 Å². The molecule has 1 heterocycles. The number of ether oxygens (including phenoxy) is 2. The van der Waals surface area contributed by atoms with E-state index in [4.69, 9.17) is 15.2 Å². The van der Waals surface area contributed by atoms with Crippen molar-refractivity contribution in [3.8, 4) is 0 Å². The second-order valence-corrected chi connectivity index (χ2v) is 2.65. The molecule has 1 radical (unpaired) electrons. The van der Waals surface area contributed by atoms with Crippen LogP contribution in [0, 0.1) is 0 Å². The monoisotopic (exact) mass is 130 g/mol. The molecule has 0 aliphatic carbocycles. The second-order valence-electron chi connectivity index (χ2n) is 2.65. The van der Waals surface area contributed by atoms with Crippen molar-refractivity contribution in [1.82, 2.24) is 5.73 Å². The molecule has 3 heteroatoms. The molecule has 0 saturated carbocycles. The van der Waals surface area contributed by atoms with Gasteiger partial charge in [0, 0.05) is 6.54 Å². The normalized spacial score (nSPS) is 33.0. The third-order valence-corrected chi connectivity index (χ3v) is 1.29. The van der Waals surface area contributed by atoms with Crippen molar-refractivity contribution >= 4 is 0 Å². The van der Waals surface area contributed by atoms with Crippen molar-refractivity contribution < 1.29 is 9.47 Å². The van der Waals surface area contributed by atoms with Gasteiger partial charge in [-0.1, -0.05) is 0 Å². The fourth-order valence-corrected chi connectivity index (χ4v) is 0.864. The maximum atomic E-state index is 6.97. The molecule has 53 valence electrons. The van der Waals surface area contributed by atoms with Crippen LogP contribution in [-0.4, -0.2) is 25.0 Å². The summed E-state index contributed by atoms with van der Waals surface area (Å²) in [5.74, 6) is -0.453. The lowest BCUT2D eigenvalue weighted by Gasteiger charge is -2.15. The van der Waals surface area contributed by atoms with Crippen LogP contribution in [0.4, 0.5) is 0 Å². The smallest absolute Gasteiger partial charge is 0.163 e. The van der Waals surface area contributed by atoms with Crippen molar-refractivity contribution in [3.63, 3.8) is 0 Å². The Kier molecular flexibility index (Phi) is 1.75. The third-order valence-electron chi connectivity index (χ3n) is 1.29. The molecule has 1 saturated heterocycles. The minimum absolute atomic E-state index is 0.0139. The van der Waals surface area contributed by atoms with Gasteiger partial charge in [-0.2, -0.15) is 0 Å². The first-order chi connectivity index (χ1) is 4.14. The number of hydrogen-bond donors (Lipinski definition) is 0. The van der Waals surface area contributed by atoms with Crippen LogP contribution in [0.1, 0.15) is 13.8 Å². The van der Waals surface area contributed by atoms with Crippen LogP contribution in [0.3, 0.4) is 0 Å². The Bertz CT molecular complexity index is 103. The predicted molar refractivity (Wildman–Crippen MR) is 32.9 cm³/mol. The van der Waals surface area contributed by atoms with Crippen LogP contribution in [0.2, 0.25) is 0 Å². The lowest BCUT2D eigenvalue weighted by molar-refractivity contribution is -0.137. The molecule has 1 aliphatic heterocycles. The van der Waals surface area contributed by atoms with E-state index in [0.717, 1.165) is 0 Å². The van der Waals surface area contributed by atoms with Gasteiger partial charge in [-0.3, -0.25) is 5.73 Å². The van der Waals surface area contributed by atoms with Gasteiger partial charge in [0.25, 0.3) is 0 Å². The van der Waals surface area contributed by atoms with Crippen LogP contribution in [0.15, 0.2) is 0 Å². The molecule has 1 unspecified atom stereocenters. The highest BCUT2D eigenvalue weighted by atomic mass is 16.7. The maximum Gasteiger partial charge on any atom is 0.163 e. The SMILES string of the molecule is CC1(C)OCC(C[NH])O1. The summed E-state index contributed by atoms with van der Waals surface area (Å²) in [5, 5.41) is 0. The molecule has 1 aliphatic rings. The van der Waals surface area contributed by atoms with Gasteiger partial charge in [0.05, 0.1) is 12.7 Å². The summed E-state index contributed by atoms with van der Waals surface area (Å²) in [6.07, 6.45) is -0.0139. The van der Waals surface area contributed by atoms with Gasteiger partial charge < -0.3 is 9.47 Å². The molecule has 0 bridgehead atoms. The Hall–Kier alpha value is -0.120. The summed E-state index contributed by atoms with van der Waals surface area (Å²) >= 11 is 0. The highest BCUT2D eigenvalue weighted by Crippen LogP contribution is 2.21. The fraction of sp³-hybridized carbons (Fsp3) is 1.00. The van der Waals surface area contributed by atoms with Gasteiger partial charge in [0.15, 0.2) is 5.79 Å². The van der Waals surface area contributed by atoms with E-state index in [2.05, 4.69) is 0 Å². The zero-order chi connectivity index (χ0) is 6.91. The first kappa shape index (κ1) is 6.99. The van der Waals surface area contributed by atoms with Crippen LogP contribution in [0.25, 0.3) is 0 Å². The lowest BCUT2D eigenvalue weighted by atomic mass is 10.4. The Morgan fingerprint density at radius 2 is 2.33 bits per heavy atom. The Morgan fingerprint density at radius 3 is 2.56 bits per heavy atom. The minimum atomic E-state index is -0.453. The Labute approximate surface area is 55.1 Å². The maximum absolute atomic E-state index is 6.97. The van der Waals surface area contributed by atoms with E-state index in [1.807, 2.05) is 13.8 Å². The van der Waals surface area contributed by atoms with Crippen molar-refractivity contribution in [2.75, 3.05) is 13.2 Å². The van der Waals surface area contributed by atoms with E-state index in [1.165, 1.54) is 0 Å². The number of nitrogens with one attached hydrogen (secondary N) is 1. The molecule has 0 aromatic heterocycles. The summed E-state index contributed by atoms with van der Waals surface area (Å²) in [6.45, 7) is 4.59. The van der Waals surface area contributed by atoms with Gasteiger partial charge in [-0.05, 0) is 13.8 Å². The fourth-order valence-electron chi connectivity index (χ4n) is 0.864. The molecule has 1 atom stereocenters. The Balaban J connectivity index is 2.38. The second kappa shape index (κ2) is 2.25. The molecule has 0 amide bonds. The third kappa shape index (κ3) is 1.64. The summed E-state index contributed by atoms with van der Waals surface area (Å²) in [7, 11) is 0. The topological polar surface area (TPSA) is 42.3 Å². The van der Waals surface area contributed by atoms with Crippen LogP contribution >= 0.6 is 0 Å². The van der Waals surface area contributed by atoms with E-state index in [-0.39, 0.29) is 6.10 Å². The minimum Gasteiger partial charge on any atom is -0.348 e. The van der Waals surface area contributed by atoms with Gasteiger partial charge in [0.1, 0.15) is 0 Å². The Morgan fingerprint density at radius 1 is 1.67 bits per heavy atom. The number of rotatable bonds is 1. The lowest BCUT2D eigenvalue weighted by Crippen LogP contribution is -2.23. The van der Waals surface area contributed by atoms with Crippen molar-refractivity contribution in [2.24, 2.45) is 0 Å². The molecular weight excluding hydrogens is 118 g/mol. The van der Waals surface area contributed by atoms with E-state index in [9.17, 15) is 0 Å². The molecular formula is C6H12NO2. The summed E-state index contributed by atoms with van der Waals surface area (Å²) in [5.41, 5.74) is 6.97. The van der Waals surface area contributed by atoms with E-state index in [0.29, 0.717) is 13.2 Å². The van der Waals surface area contributed by atoms with Crippen LogP contribution < -0.4 is 5.73 Å².